The number of piperidine rings is 3. The highest BCUT2D eigenvalue weighted by atomic mass is 32.2. The number of rotatable bonds is 14. The number of amides is 2. The Morgan fingerprint density at radius 3 is 2.28 bits per heavy atom. The number of ketones is 1. The number of nitrogens with zero attached hydrogens (tertiary/aromatic N) is 4. The Hall–Kier alpha value is -4.68. The minimum Gasteiger partial charge on any atom is -0.497 e. The molecule has 17 heteroatoms. The Labute approximate surface area is 383 Å². The Kier molecular flexibility index (Phi) is 11.3. The lowest BCUT2D eigenvalue weighted by Gasteiger charge is -2.69. The number of Topliss-reactive ketones (excluding diaryl/α,β-unsaturated/α-hetero) is 1. The van der Waals surface area contributed by atoms with Crippen molar-refractivity contribution >= 4 is 47.3 Å². The van der Waals surface area contributed by atoms with Crippen LogP contribution in [0.3, 0.4) is 0 Å². The largest absolute Gasteiger partial charge is 0.497 e. The zero-order valence-electron chi connectivity index (χ0n) is 39.2. The summed E-state index contributed by atoms with van der Waals surface area (Å²) in [4.78, 5) is 61.4. The fourth-order valence-electron chi connectivity index (χ4n) is 11.8. The molecule has 2 spiro atoms. The number of anilines is 1. The van der Waals surface area contributed by atoms with Crippen molar-refractivity contribution in [2.45, 2.75) is 145 Å². The maximum Gasteiger partial charge on any atom is 0.289 e. The summed E-state index contributed by atoms with van der Waals surface area (Å²) in [5.74, 6) is -1.16. The molecule has 2 amide bonds. The Bertz CT molecular complexity index is 2540. The van der Waals surface area contributed by atoms with Crippen LogP contribution in [0.2, 0.25) is 18.1 Å². The van der Waals surface area contributed by atoms with Crippen LogP contribution in [-0.2, 0) is 45.5 Å². The smallest absolute Gasteiger partial charge is 0.289 e. The number of para-hydroxylation sites is 2. The number of ether oxygens (including phenoxy) is 2. The van der Waals surface area contributed by atoms with Crippen LogP contribution in [0.15, 0.2) is 77.7 Å². The number of carbonyl (C=O) groups is 3. The van der Waals surface area contributed by atoms with E-state index in [1.54, 1.807) is 36.3 Å². The number of hydrogen-bond donors (Lipinski definition) is 1. The lowest BCUT2D eigenvalue weighted by molar-refractivity contribution is -0.387. The average molecular weight is 930 g/mol. The van der Waals surface area contributed by atoms with E-state index in [2.05, 4.69) is 44.1 Å². The standard InChI is InChI=1S/C48H63N5O10SSi/c1-32(54)47-41-46(35-18-11-12-19-36(35)52(41)64(59,60)38-21-14-13-20-37(38)53(57)58)39(40(55)49-43(2,3)4)50(30-33-22-24-34(61-8)25-23-33)31-45(26-15-16-29-62-65(9,10)44(5,6)7)27-17-28-51(42(47)56)48(45,46)63-47/h11-14,18-25,39,41H,15-17,26-31H2,1-10H3,(H,49,55)/t39-,41+,45-,46+,47-,48+/m1/s1. The Morgan fingerprint density at radius 1 is 0.985 bits per heavy atom. The minimum absolute atomic E-state index is 0.00402. The van der Waals surface area contributed by atoms with Gasteiger partial charge in [0, 0.05) is 43.3 Å². The molecule has 5 aliphatic heterocycles. The third kappa shape index (κ3) is 6.64. The van der Waals surface area contributed by atoms with E-state index in [0.717, 1.165) is 15.9 Å². The van der Waals surface area contributed by atoms with Crippen molar-refractivity contribution in [2.75, 3.05) is 31.1 Å². The molecule has 0 aliphatic carbocycles. The summed E-state index contributed by atoms with van der Waals surface area (Å²) in [5.41, 5.74) is -6.97. The Balaban J connectivity index is 1.43. The number of hydrogen-bond acceptors (Lipinski definition) is 11. The van der Waals surface area contributed by atoms with Crippen LogP contribution in [0.5, 0.6) is 5.75 Å². The second kappa shape index (κ2) is 15.7. The first-order valence-corrected chi connectivity index (χ1v) is 27.0. The molecule has 0 saturated carbocycles. The molecule has 6 atom stereocenters. The molecule has 3 aromatic carbocycles. The second-order valence-corrected chi connectivity index (χ2v) is 27.7. The van der Waals surface area contributed by atoms with Gasteiger partial charge in [-0.1, -0.05) is 69.7 Å². The molecule has 65 heavy (non-hydrogen) atoms. The van der Waals surface area contributed by atoms with Crippen LogP contribution in [0.4, 0.5) is 11.4 Å². The SMILES string of the molecule is COc1ccc(CN2C[C@@]3(CCCCO[Si](C)(C)C(C)(C)C)CCCN4C(=O)[C@]5(C(C)=O)O[C@@]43[C@@]3(c4ccccc4N(S(=O)(=O)c4ccccc4[N+](=O)[O-])[C@H]53)[C@H]2C(=O)NC(C)(C)C)cc1. The molecule has 4 saturated heterocycles. The molecule has 350 valence electrons. The number of methoxy groups -OCH3 is 1. The number of unbranched alkanes of at least 4 members (excludes halogenated alkanes) is 1. The lowest BCUT2D eigenvalue weighted by atomic mass is 9.47. The normalized spacial score (nSPS) is 28.4. The molecule has 4 fully saturated rings. The number of fused-ring (bicyclic) bond motifs is 3. The zero-order chi connectivity index (χ0) is 47.3. The van der Waals surface area contributed by atoms with Gasteiger partial charge >= 0.3 is 0 Å². The van der Waals surface area contributed by atoms with Gasteiger partial charge in [0.15, 0.2) is 24.7 Å². The summed E-state index contributed by atoms with van der Waals surface area (Å²) in [6.45, 7) is 19.1. The van der Waals surface area contributed by atoms with E-state index in [4.69, 9.17) is 13.9 Å². The van der Waals surface area contributed by atoms with Crippen LogP contribution in [0, 0.1) is 15.5 Å². The summed E-state index contributed by atoms with van der Waals surface area (Å²) in [6.07, 6.45) is 2.93. The van der Waals surface area contributed by atoms with E-state index < -0.39 is 91.2 Å². The highest BCUT2D eigenvalue weighted by molar-refractivity contribution is 7.93. The van der Waals surface area contributed by atoms with E-state index in [9.17, 15) is 14.9 Å². The average Bonchev–Trinajstić information content (AvgIpc) is 3.80. The van der Waals surface area contributed by atoms with Gasteiger partial charge in [0.2, 0.25) is 11.5 Å². The number of sulfonamides is 1. The van der Waals surface area contributed by atoms with Crippen molar-refractivity contribution in [3.63, 3.8) is 0 Å². The molecule has 5 aliphatic rings. The Morgan fingerprint density at radius 2 is 1.65 bits per heavy atom. The molecule has 0 unspecified atom stereocenters. The van der Waals surface area contributed by atoms with Crippen molar-refractivity contribution in [2.24, 2.45) is 5.41 Å². The number of nitro groups is 1. The summed E-state index contributed by atoms with van der Waals surface area (Å²) < 4.78 is 52.1. The van der Waals surface area contributed by atoms with Crippen LogP contribution in [0.25, 0.3) is 0 Å². The second-order valence-electron chi connectivity index (χ2n) is 21.2. The zero-order valence-corrected chi connectivity index (χ0v) is 41.0. The molecule has 0 aromatic heterocycles. The molecule has 1 N–H and O–H groups in total. The quantitative estimate of drug-likeness (QED) is 0.0574. The third-order valence-electron chi connectivity index (χ3n) is 15.2. The molecular formula is C48H63N5O10SSi. The fourth-order valence-corrected chi connectivity index (χ4v) is 14.8. The van der Waals surface area contributed by atoms with E-state index >= 15 is 18.0 Å². The molecular weight excluding hydrogens is 867 g/mol. The van der Waals surface area contributed by atoms with Crippen LogP contribution in [-0.4, -0.2) is 105 Å². The highest BCUT2D eigenvalue weighted by Gasteiger charge is 2.95. The third-order valence-corrected chi connectivity index (χ3v) is 21.6. The first-order valence-electron chi connectivity index (χ1n) is 22.6. The molecule has 8 rings (SSSR count). The van der Waals surface area contributed by atoms with Crippen molar-refractivity contribution in [3.05, 3.63) is 94.0 Å². The maximum atomic E-state index is 15.8. The highest BCUT2D eigenvalue weighted by Crippen LogP contribution is 2.77. The van der Waals surface area contributed by atoms with Crippen molar-refractivity contribution in [3.8, 4) is 5.75 Å². The van der Waals surface area contributed by atoms with Crippen molar-refractivity contribution in [1.29, 1.82) is 0 Å². The molecule has 5 heterocycles. The van der Waals surface area contributed by atoms with Gasteiger partial charge in [-0.15, -0.1) is 0 Å². The summed E-state index contributed by atoms with van der Waals surface area (Å²) in [7, 11) is -5.52. The van der Waals surface area contributed by atoms with Gasteiger partial charge in [-0.05, 0) is 107 Å². The van der Waals surface area contributed by atoms with Gasteiger partial charge in [0.25, 0.3) is 21.6 Å². The predicted molar refractivity (Wildman–Crippen MR) is 247 cm³/mol. The number of benzene rings is 3. The van der Waals surface area contributed by atoms with Crippen molar-refractivity contribution < 1.29 is 41.6 Å². The number of likely N-dealkylation sites (tertiary alicyclic amines) is 1. The maximum absolute atomic E-state index is 15.8. The number of carbonyl (C=O) groups excluding carboxylic acids is 3. The van der Waals surface area contributed by atoms with Gasteiger partial charge in [0.1, 0.15) is 17.8 Å². The summed E-state index contributed by atoms with van der Waals surface area (Å²) in [6, 6.07) is 16.5. The topological polar surface area (TPSA) is 178 Å². The van der Waals surface area contributed by atoms with Crippen molar-refractivity contribution in [1.82, 2.24) is 15.1 Å². The molecule has 0 radical (unpaired) electrons. The molecule has 2 bridgehead atoms. The fraction of sp³-hybridized carbons (Fsp3) is 0.562. The molecule has 15 nitrogen and oxygen atoms in total. The predicted octanol–water partition coefficient (Wildman–Crippen LogP) is 7.09. The van der Waals surface area contributed by atoms with Gasteiger partial charge in [0.05, 0.1) is 23.1 Å². The van der Waals surface area contributed by atoms with Gasteiger partial charge < -0.3 is 24.1 Å². The molecule has 3 aromatic rings. The van der Waals surface area contributed by atoms with E-state index in [1.807, 2.05) is 45.0 Å². The van der Waals surface area contributed by atoms with Crippen LogP contribution < -0.4 is 14.4 Å². The summed E-state index contributed by atoms with van der Waals surface area (Å²) in [5, 5.41) is 15.8. The minimum atomic E-state index is -5.01. The van der Waals surface area contributed by atoms with Crippen LogP contribution >= 0.6 is 0 Å². The van der Waals surface area contributed by atoms with Gasteiger partial charge in [-0.3, -0.25) is 33.7 Å². The van der Waals surface area contributed by atoms with Crippen LogP contribution in [0.1, 0.15) is 91.7 Å². The van der Waals surface area contributed by atoms with E-state index in [0.29, 0.717) is 50.0 Å². The lowest BCUT2D eigenvalue weighted by Crippen LogP contribution is -2.87. The van der Waals surface area contributed by atoms with Gasteiger partial charge in [-0.25, -0.2) is 8.42 Å². The number of nitrogens with one attached hydrogen (secondary N) is 1. The first-order chi connectivity index (χ1) is 30.4. The van der Waals surface area contributed by atoms with Gasteiger partial charge in [-0.2, -0.15) is 0 Å². The number of nitro benzene ring substituents is 1. The monoisotopic (exact) mass is 929 g/mol. The van der Waals surface area contributed by atoms with E-state index in [1.165, 1.54) is 25.1 Å². The summed E-state index contributed by atoms with van der Waals surface area (Å²) >= 11 is 0. The first kappa shape index (κ1) is 46.8. The van der Waals surface area contributed by atoms with E-state index in [-0.39, 0.29) is 30.4 Å².